The van der Waals surface area contributed by atoms with Crippen LogP contribution in [-0.4, -0.2) is 59.9 Å². The van der Waals surface area contributed by atoms with Crippen LogP contribution in [0.2, 0.25) is 5.04 Å². The van der Waals surface area contributed by atoms with Crippen molar-refractivity contribution in [3.8, 4) is 0 Å². The molecule has 1 aliphatic heterocycles. The van der Waals surface area contributed by atoms with Gasteiger partial charge >= 0.3 is 0 Å². The average Bonchev–Trinajstić information content (AvgIpc) is 2.91. The molecule has 190 valence electrons. The Morgan fingerprint density at radius 3 is 2.25 bits per heavy atom. The second-order valence-electron chi connectivity index (χ2n) is 10.3. The molecule has 4 rings (SSSR count). The molecular formula is C29H36N2O3SSi. The molecule has 0 radical (unpaired) electrons. The Hall–Kier alpha value is -2.45. The van der Waals surface area contributed by atoms with E-state index in [4.69, 9.17) is 4.43 Å². The molecule has 1 amide bonds. The minimum atomic E-state index is -2.82. The van der Waals surface area contributed by atoms with Crippen LogP contribution in [0.4, 0.5) is 0 Å². The molecule has 7 heteroatoms. The molecule has 0 bridgehead atoms. The summed E-state index contributed by atoms with van der Waals surface area (Å²) < 4.78 is 7.24. The third-order valence-corrected chi connectivity index (χ3v) is 13.1. The van der Waals surface area contributed by atoms with Gasteiger partial charge in [-0.05, 0) is 34.5 Å². The van der Waals surface area contributed by atoms with Crippen molar-refractivity contribution in [3.05, 3.63) is 90.3 Å². The zero-order chi connectivity index (χ0) is 25.8. The topological polar surface area (TPSA) is 62.7 Å². The maximum absolute atomic E-state index is 13.7. The zero-order valence-corrected chi connectivity index (χ0v) is 23.4. The Bertz CT molecular complexity index is 1110. The minimum Gasteiger partial charge on any atom is -0.399 e. The van der Waals surface area contributed by atoms with Crippen LogP contribution in [0.25, 0.3) is 0 Å². The highest BCUT2D eigenvalue weighted by Gasteiger charge is 2.51. The molecule has 2 atom stereocenters. The molecule has 2 aromatic carbocycles. The van der Waals surface area contributed by atoms with E-state index in [9.17, 15) is 9.90 Å². The van der Waals surface area contributed by atoms with Gasteiger partial charge < -0.3 is 14.4 Å². The van der Waals surface area contributed by atoms with Crippen LogP contribution < -0.4 is 10.4 Å². The number of nitrogens with zero attached hydrogens (tertiary/aromatic N) is 2. The molecule has 0 saturated carbocycles. The number of aromatic nitrogens is 1. The fraction of sp³-hybridized carbons (Fsp3) is 0.379. The molecule has 1 fully saturated rings. The summed E-state index contributed by atoms with van der Waals surface area (Å²) in [5.41, 5.74) is 1.19. The van der Waals surface area contributed by atoms with Gasteiger partial charge in [0.1, 0.15) is 0 Å². The highest BCUT2D eigenvalue weighted by molar-refractivity contribution is 7.99. The van der Waals surface area contributed by atoms with Crippen LogP contribution in [-0.2, 0) is 4.43 Å². The van der Waals surface area contributed by atoms with Gasteiger partial charge in [-0.15, -0.1) is 0 Å². The summed E-state index contributed by atoms with van der Waals surface area (Å²) in [5, 5.41) is 12.1. The predicted octanol–water partition coefficient (Wildman–Crippen LogP) is 4.27. The molecule has 1 aliphatic rings. The number of benzene rings is 2. The number of rotatable bonds is 7. The molecule has 1 N–H and O–H groups in total. The van der Waals surface area contributed by atoms with E-state index in [1.807, 2.05) is 25.1 Å². The van der Waals surface area contributed by atoms with E-state index in [1.54, 1.807) is 28.9 Å². The van der Waals surface area contributed by atoms with Crippen molar-refractivity contribution >= 4 is 36.4 Å². The SMILES string of the molecule is CC(O[Si](c1ccccc1)(c1ccccc1)C(C)(C)C)c1ncccc1C(=O)N1CCSC[C@H]1CO. The second kappa shape index (κ2) is 11.3. The molecule has 0 aliphatic carbocycles. The van der Waals surface area contributed by atoms with Crippen LogP contribution in [0.5, 0.6) is 0 Å². The first-order chi connectivity index (χ1) is 17.3. The van der Waals surface area contributed by atoms with Crippen LogP contribution in [0.15, 0.2) is 79.0 Å². The number of pyridine rings is 1. The van der Waals surface area contributed by atoms with Gasteiger partial charge in [0, 0.05) is 24.2 Å². The van der Waals surface area contributed by atoms with Gasteiger partial charge in [0.2, 0.25) is 0 Å². The lowest BCUT2D eigenvalue weighted by atomic mass is 10.1. The number of aliphatic hydroxyl groups is 1. The quantitative estimate of drug-likeness (QED) is 0.472. The van der Waals surface area contributed by atoms with E-state index in [0.29, 0.717) is 17.8 Å². The number of hydrogen-bond acceptors (Lipinski definition) is 5. The number of thioether (sulfide) groups is 1. The molecule has 1 unspecified atom stereocenters. The minimum absolute atomic E-state index is 0.0392. The first-order valence-electron chi connectivity index (χ1n) is 12.5. The highest BCUT2D eigenvalue weighted by Crippen LogP contribution is 2.40. The zero-order valence-electron chi connectivity index (χ0n) is 21.6. The maximum Gasteiger partial charge on any atom is 0.261 e. The fourth-order valence-electron chi connectivity index (χ4n) is 5.16. The van der Waals surface area contributed by atoms with E-state index in [-0.39, 0.29) is 23.6 Å². The van der Waals surface area contributed by atoms with Crippen molar-refractivity contribution in [2.24, 2.45) is 0 Å². The summed E-state index contributed by atoms with van der Waals surface area (Å²) in [6, 6.07) is 24.5. The first kappa shape index (κ1) is 26.6. The lowest BCUT2D eigenvalue weighted by molar-refractivity contribution is 0.0626. The van der Waals surface area contributed by atoms with E-state index in [2.05, 4.69) is 74.3 Å². The lowest BCUT2D eigenvalue weighted by Crippen LogP contribution is -2.66. The van der Waals surface area contributed by atoms with Crippen LogP contribution >= 0.6 is 11.8 Å². The smallest absolute Gasteiger partial charge is 0.261 e. The summed E-state index contributed by atoms with van der Waals surface area (Å²) >= 11 is 1.77. The van der Waals surface area contributed by atoms with E-state index in [0.717, 1.165) is 11.5 Å². The van der Waals surface area contributed by atoms with Crippen molar-refractivity contribution in [1.29, 1.82) is 0 Å². The van der Waals surface area contributed by atoms with Gasteiger partial charge in [-0.2, -0.15) is 11.8 Å². The van der Waals surface area contributed by atoms with Gasteiger partial charge in [0.05, 0.1) is 30.0 Å². The second-order valence-corrected chi connectivity index (χ2v) is 15.7. The van der Waals surface area contributed by atoms with Gasteiger partial charge in [0.25, 0.3) is 14.2 Å². The number of amides is 1. The van der Waals surface area contributed by atoms with Crippen LogP contribution in [0.1, 0.15) is 49.9 Å². The van der Waals surface area contributed by atoms with Gasteiger partial charge in [-0.3, -0.25) is 9.78 Å². The monoisotopic (exact) mass is 520 g/mol. The number of carbonyl (C=O) groups is 1. The summed E-state index contributed by atoms with van der Waals surface area (Å²) in [7, 11) is -2.82. The summed E-state index contributed by atoms with van der Waals surface area (Å²) in [6.45, 7) is 9.32. The number of hydrogen-bond donors (Lipinski definition) is 1. The standard InChI is InChI=1S/C29H36N2O3SSi/c1-22(27-26(16-11-17-30-27)28(33)31-18-19-35-21-23(31)20-32)34-36(29(2,3)4,24-12-7-5-8-13-24)25-14-9-6-10-15-25/h5-17,22-23,32H,18-21H2,1-4H3/t22?,23-/m1/s1. The molecule has 36 heavy (non-hydrogen) atoms. The largest absolute Gasteiger partial charge is 0.399 e. The van der Waals surface area contributed by atoms with Crippen molar-refractivity contribution in [3.63, 3.8) is 0 Å². The van der Waals surface area contributed by atoms with Crippen molar-refractivity contribution in [2.75, 3.05) is 24.7 Å². The molecule has 3 aromatic rings. The molecule has 1 aromatic heterocycles. The Morgan fingerprint density at radius 1 is 1.08 bits per heavy atom. The van der Waals surface area contributed by atoms with E-state index in [1.165, 1.54) is 10.4 Å². The molecule has 5 nitrogen and oxygen atoms in total. The number of carbonyl (C=O) groups excluding carboxylic acids is 1. The molecule has 1 saturated heterocycles. The Morgan fingerprint density at radius 2 is 1.69 bits per heavy atom. The fourth-order valence-corrected chi connectivity index (χ4v) is 10.9. The summed E-state index contributed by atoms with van der Waals surface area (Å²) in [4.78, 5) is 20.2. The molecular weight excluding hydrogens is 484 g/mol. The van der Waals surface area contributed by atoms with Crippen molar-refractivity contribution in [1.82, 2.24) is 9.88 Å². The van der Waals surface area contributed by atoms with E-state index < -0.39 is 14.4 Å². The average molecular weight is 521 g/mol. The number of aliphatic hydroxyl groups excluding tert-OH is 1. The Labute approximate surface area is 220 Å². The third kappa shape index (κ3) is 5.16. The van der Waals surface area contributed by atoms with Crippen LogP contribution in [0.3, 0.4) is 0 Å². The first-order valence-corrected chi connectivity index (χ1v) is 15.6. The Kier molecular flexibility index (Phi) is 8.35. The van der Waals surface area contributed by atoms with Crippen LogP contribution in [0, 0.1) is 0 Å². The normalized spacial score (nSPS) is 17.6. The molecule has 0 spiro atoms. The van der Waals surface area contributed by atoms with Gasteiger partial charge in [-0.25, -0.2) is 0 Å². The van der Waals surface area contributed by atoms with Gasteiger partial charge in [-0.1, -0.05) is 81.4 Å². The molecule has 2 heterocycles. The lowest BCUT2D eigenvalue weighted by Gasteiger charge is -2.44. The maximum atomic E-state index is 13.7. The Balaban J connectivity index is 1.78. The van der Waals surface area contributed by atoms with Crippen molar-refractivity contribution in [2.45, 2.75) is 44.9 Å². The highest BCUT2D eigenvalue weighted by atomic mass is 32.2. The van der Waals surface area contributed by atoms with E-state index >= 15 is 0 Å². The third-order valence-electron chi connectivity index (χ3n) is 6.92. The predicted molar refractivity (Wildman–Crippen MR) is 151 cm³/mol. The summed E-state index contributed by atoms with van der Waals surface area (Å²) in [6.07, 6.45) is 1.32. The van der Waals surface area contributed by atoms with Crippen molar-refractivity contribution < 1.29 is 14.3 Å². The summed E-state index contributed by atoms with van der Waals surface area (Å²) in [5.74, 6) is 1.52. The van der Waals surface area contributed by atoms with Gasteiger partial charge in [0.15, 0.2) is 0 Å².